The van der Waals surface area contributed by atoms with Crippen molar-refractivity contribution < 1.29 is 47.7 Å². The molecule has 0 N–H and O–H groups in total. The Morgan fingerprint density at radius 3 is 1.04 bits per heavy atom. The molecule has 0 amide bonds. The SMILES string of the molecule is C.C.C.C.C.C.C.C.C.C.C.C.C.CCC(C)(C)C(=O)OC(C)(CC)C12CC3CC(CC(C3)C1)C2.CCC(C)(C)C(=O)OC1(C(C)C)CC2CC1C1C3CCC(C3)C21.CCC(C)(C)C(=O)OC1(C(C)C)CCCC1.CCC(C)(C)C(=O)OC1(C)CCCCCCC1.CCC1(OC(=O)C(C)(C)CC)CCCCCCC1. The third-order valence-corrected chi connectivity index (χ3v) is 29.2. The fraction of sp³-hybridized carbons (Fsp3) is 0.949. The molecule has 8 atom stereocenters. The Morgan fingerprint density at radius 1 is 0.349 bits per heavy atom. The van der Waals surface area contributed by atoms with Gasteiger partial charge < -0.3 is 23.7 Å². The normalized spacial score (nSPS) is 27.7. The molecule has 0 heterocycles. The van der Waals surface area contributed by atoms with E-state index in [1.165, 1.54) is 141 Å². The van der Waals surface area contributed by atoms with Crippen LogP contribution in [0.15, 0.2) is 0 Å². The number of esters is 5. The molecule has 0 aromatic heterocycles. The number of fused-ring (bicyclic) bond motifs is 9. The summed E-state index contributed by atoms with van der Waals surface area (Å²) in [5.74, 6) is 8.82. The van der Waals surface area contributed by atoms with Gasteiger partial charge in [-0.1, -0.05) is 211 Å². The third-order valence-electron chi connectivity index (χ3n) is 29.2. The summed E-state index contributed by atoms with van der Waals surface area (Å²) in [6.45, 7) is 47.9. The van der Waals surface area contributed by atoms with Crippen LogP contribution in [0.5, 0.6) is 0 Å². The van der Waals surface area contributed by atoms with Gasteiger partial charge in [-0.25, -0.2) is 0 Å². The van der Waals surface area contributed by atoms with Gasteiger partial charge in [-0.2, -0.15) is 0 Å². The second-order valence-corrected chi connectivity index (χ2v) is 38.3. The Labute approximate surface area is 686 Å². The number of carbonyl (C=O) groups is 5. The first-order valence-electron chi connectivity index (χ1n) is 40.9. The van der Waals surface area contributed by atoms with Crippen LogP contribution in [0.25, 0.3) is 0 Å². The Kier molecular flexibility index (Phi) is 55.3. The molecule has 10 nitrogen and oxygen atoms in total. The van der Waals surface area contributed by atoms with Crippen molar-refractivity contribution in [1.82, 2.24) is 0 Å². The van der Waals surface area contributed by atoms with Crippen molar-refractivity contribution in [3.8, 4) is 0 Å². The molecule has 11 saturated carbocycles. The van der Waals surface area contributed by atoms with E-state index in [9.17, 15) is 24.0 Å². The average molecular weight is 1550 g/mol. The maximum absolute atomic E-state index is 12.9. The van der Waals surface area contributed by atoms with Gasteiger partial charge in [0.1, 0.15) is 28.0 Å². The molecule has 0 spiro atoms. The quantitative estimate of drug-likeness (QED) is 0.0659. The molecule has 11 aliphatic rings. The molecule has 8 bridgehead atoms. The van der Waals surface area contributed by atoms with Gasteiger partial charge in [-0.3, -0.25) is 24.0 Å². The van der Waals surface area contributed by atoms with Crippen LogP contribution in [-0.4, -0.2) is 57.9 Å². The monoisotopic (exact) mass is 1550 g/mol. The minimum atomic E-state index is -0.362. The molecule has 0 aliphatic heterocycles. The van der Waals surface area contributed by atoms with Crippen LogP contribution in [0.2, 0.25) is 0 Å². The highest BCUT2D eigenvalue weighted by atomic mass is 16.6. The Bertz CT molecular complexity index is 2460. The van der Waals surface area contributed by atoms with E-state index < -0.39 is 0 Å². The van der Waals surface area contributed by atoms with Gasteiger partial charge in [0.05, 0.1) is 27.1 Å². The van der Waals surface area contributed by atoms with Crippen molar-refractivity contribution in [3.05, 3.63) is 0 Å². The number of hydrogen-bond donors (Lipinski definition) is 0. The minimum absolute atomic E-state index is 0. The molecule has 660 valence electrons. The second-order valence-electron chi connectivity index (χ2n) is 38.3. The summed E-state index contributed by atoms with van der Waals surface area (Å²) in [6, 6.07) is 0. The van der Waals surface area contributed by atoms with Gasteiger partial charge in [0.25, 0.3) is 0 Å². The maximum Gasteiger partial charge on any atom is 0.312 e. The minimum Gasteiger partial charge on any atom is -0.459 e. The summed E-state index contributed by atoms with van der Waals surface area (Å²) < 4.78 is 30.4. The fourth-order valence-electron chi connectivity index (χ4n) is 19.8. The highest BCUT2D eigenvalue weighted by Gasteiger charge is 2.69. The lowest BCUT2D eigenvalue weighted by Gasteiger charge is -2.62. The largest absolute Gasteiger partial charge is 0.459 e. The first-order valence-corrected chi connectivity index (χ1v) is 40.9. The van der Waals surface area contributed by atoms with Crippen molar-refractivity contribution in [3.63, 3.8) is 0 Å². The zero-order chi connectivity index (χ0) is 71.7. The van der Waals surface area contributed by atoms with Crippen molar-refractivity contribution in [2.24, 2.45) is 97.6 Å². The summed E-state index contributed by atoms with van der Waals surface area (Å²) in [6.07, 6.45) is 42.4. The van der Waals surface area contributed by atoms with E-state index in [0.29, 0.717) is 17.8 Å². The molecule has 11 aliphatic carbocycles. The second kappa shape index (κ2) is 49.4. The van der Waals surface area contributed by atoms with Crippen molar-refractivity contribution in [2.45, 2.75) is 515 Å². The molecule has 0 aromatic rings. The molecule has 11 rings (SSSR count). The van der Waals surface area contributed by atoms with Gasteiger partial charge in [-0.15, -0.1) is 0 Å². The van der Waals surface area contributed by atoms with Crippen LogP contribution in [0.1, 0.15) is 487 Å². The highest BCUT2D eigenvalue weighted by molar-refractivity contribution is 5.78. The van der Waals surface area contributed by atoms with Gasteiger partial charge in [-0.05, 0) is 335 Å². The summed E-state index contributed by atoms with van der Waals surface area (Å²) >= 11 is 0. The molecule has 109 heavy (non-hydrogen) atoms. The van der Waals surface area contributed by atoms with E-state index in [-0.39, 0.29) is 187 Å². The molecular formula is C99H204O10. The summed E-state index contributed by atoms with van der Waals surface area (Å²) in [7, 11) is 0. The standard InChI is InChI=1S/C21H34O2.C20H34O2.C16H30O2.C15H28O2.C14H26O2.13CH4/c1-6-20(4,5)19(22)23-21(12(2)3)11-15-10-16(21)18-14-8-7-13(9-14)17(15)18;1-6-18(3,4)17(21)22-19(5,7-2)20-11-14-8-15(12-20)10-16(9-14)13-20;1-5-15(3,4)14(17)18-16(6-2)12-10-8-7-9-11-13-16;1-5-14(2,3)13(16)17-15(4)11-9-7-6-8-10-12-15;1-6-13(4,5)12(15)16-14(11(2)3)9-7-8-10-14;;;;;;;;;;;;;/h12-18H,6-11H2,1-5H3;14-16H,6-13H2,1-5H3;5-13H2,1-4H3;5-12H2,1-4H3;11H,6-10H2,1-5H3;13*1H4. The van der Waals surface area contributed by atoms with Crippen LogP contribution >= 0.6 is 0 Å². The van der Waals surface area contributed by atoms with Crippen molar-refractivity contribution >= 4 is 29.8 Å². The summed E-state index contributed by atoms with van der Waals surface area (Å²) in [5, 5.41) is 0. The van der Waals surface area contributed by atoms with E-state index in [1.807, 2.05) is 83.1 Å². The first-order chi connectivity index (χ1) is 44.7. The van der Waals surface area contributed by atoms with Gasteiger partial charge in [0.2, 0.25) is 0 Å². The molecular weight excluding hydrogens is 1350 g/mol. The van der Waals surface area contributed by atoms with Crippen molar-refractivity contribution in [1.29, 1.82) is 0 Å². The third kappa shape index (κ3) is 28.6. The van der Waals surface area contributed by atoms with Gasteiger partial charge in [0.15, 0.2) is 0 Å². The number of hydrogen-bond acceptors (Lipinski definition) is 10. The van der Waals surface area contributed by atoms with Crippen molar-refractivity contribution in [2.75, 3.05) is 0 Å². The Hall–Kier alpha value is -2.65. The lowest BCUT2D eigenvalue weighted by Crippen LogP contribution is -2.59. The molecule has 10 heteroatoms. The predicted octanol–water partition coefficient (Wildman–Crippen LogP) is 31.9. The zero-order valence-electron chi connectivity index (χ0n) is 66.9. The van der Waals surface area contributed by atoms with E-state index in [4.69, 9.17) is 23.7 Å². The Morgan fingerprint density at radius 2 is 0.679 bits per heavy atom. The Balaban J connectivity index is -0.000000191. The fourth-order valence-corrected chi connectivity index (χ4v) is 19.8. The van der Waals surface area contributed by atoms with Crippen LogP contribution in [0.3, 0.4) is 0 Å². The number of ether oxygens (including phenoxy) is 5. The molecule has 0 radical (unpaired) electrons. The van der Waals surface area contributed by atoms with E-state index in [1.54, 1.807) is 0 Å². The van der Waals surface area contributed by atoms with Crippen LogP contribution in [0, 0.1) is 97.6 Å². The van der Waals surface area contributed by atoms with E-state index >= 15 is 0 Å². The number of rotatable bonds is 20. The number of carbonyl (C=O) groups excluding carboxylic acids is 5. The molecule has 0 aromatic carbocycles. The average Bonchev–Trinajstić information content (AvgIpc) is 1.52. The van der Waals surface area contributed by atoms with Gasteiger partial charge in [0, 0.05) is 11.3 Å². The van der Waals surface area contributed by atoms with Crippen LogP contribution < -0.4 is 0 Å². The summed E-state index contributed by atoms with van der Waals surface area (Å²) in [5.41, 5.74) is -2.49. The van der Waals surface area contributed by atoms with Gasteiger partial charge >= 0.3 is 29.8 Å². The smallest absolute Gasteiger partial charge is 0.312 e. The lowest BCUT2D eigenvalue weighted by molar-refractivity contribution is -0.212. The topological polar surface area (TPSA) is 132 Å². The molecule has 0 saturated heterocycles. The zero-order valence-corrected chi connectivity index (χ0v) is 66.9. The summed E-state index contributed by atoms with van der Waals surface area (Å²) in [4.78, 5) is 62.2. The van der Waals surface area contributed by atoms with E-state index in [0.717, 1.165) is 137 Å². The van der Waals surface area contributed by atoms with Crippen LogP contribution in [-0.2, 0) is 47.7 Å². The van der Waals surface area contributed by atoms with Crippen LogP contribution in [0.4, 0.5) is 0 Å². The molecule has 11 fully saturated rings. The maximum atomic E-state index is 12.9. The first kappa shape index (κ1) is 122. The molecule has 8 unspecified atom stereocenters. The lowest BCUT2D eigenvalue weighted by atomic mass is 9.45. The predicted molar refractivity (Wildman–Crippen MR) is 481 cm³/mol. The highest BCUT2D eigenvalue weighted by Crippen LogP contribution is 2.72. The van der Waals surface area contributed by atoms with E-state index in [2.05, 4.69) is 76.2 Å².